The van der Waals surface area contributed by atoms with E-state index in [0.717, 1.165) is 0 Å². The molecule has 20 heavy (non-hydrogen) atoms. The fourth-order valence-corrected chi connectivity index (χ4v) is 1.73. The fourth-order valence-electron chi connectivity index (χ4n) is 1.73. The minimum atomic E-state index is -0.0905. The summed E-state index contributed by atoms with van der Waals surface area (Å²) in [7, 11) is 0. The summed E-state index contributed by atoms with van der Waals surface area (Å²) in [5, 5.41) is 9.33. The third-order valence-electron chi connectivity index (χ3n) is 3.02. The molecule has 0 radical (unpaired) electrons. The monoisotopic (exact) mass is 273 g/mol. The Balaban J connectivity index is 2.42. The number of hydrogen-bond acceptors (Lipinski definition) is 5. The average Bonchev–Trinajstić information content (AvgIpc) is 2.44. The Hall–Kier alpha value is -2.14. The highest BCUT2D eigenvalue weighted by Crippen LogP contribution is 2.29. The van der Waals surface area contributed by atoms with Crippen molar-refractivity contribution in [1.29, 1.82) is 0 Å². The number of aliphatic hydroxyl groups is 1. The molecule has 5 heteroatoms. The summed E-state index contributed by atoms with van der Waals surface area (Å²) >= 11 is 0. The summed E-state index contributed by atoms with van der Waals surface area (Å²) in [4.78, 5) is 8.66. The van der Waals surface area contributed by atoms with Crippen LogP contribution in [0.25, 0.3) is 0 Å². The van der Waals surface area contributed by atoms with Crippen LogP contribution in [0.5, 0.6) is 11.6 Å². The van der Waals surface area contributed by atoms with E-state index in [1.165, 1.54) is 0 Å². The molecule has 5 nitrogen and oxygen atoms in total. The molecule has 1 heterocycles. The first-order chi connectivity index (χ1) is 9.52. The number of hydrogen-bond donors (Lipinski definition) is 2. The first kappa shape index (κ1) is 14.3. The third-order valence-corrected chi connectivity index (χ3v) is 3.02. The first-order valence-electron chi connectivity index (χ1n) is 6.53. The maximum atomic E-state index is 9.33. The highest BCUT2D eigenvalue weighted by atomic mass is 16.5. The third kappa shape index (κ3) is 2.88. The number of aliphatic hydroxyl groups excluding tert-OH is 1. The molecule has 1 aromatic carbocycles. The van der Waals surface area contributed by atoms with Crippen molar-refractivity contribution < 1.29 is 9.84 Å². The van der Waals surface area contributed by atoms with Crippen molar-refractivity contribution in [1.82, 2.24) is 9.97 Å². The number of ether oxygens (including phenoxy) is 1. The molecule has 106 valence electrons. The molecule has 2 rings (SSSR count). The van der Waals surface area contributed by atoms with Gasteiger partial charge in [0.05, 0.1) is 12.2 Å². The Morgan fingerprint density at radius 1 is 1.25 bits per heavy atom. The number of benzene rings is 1. The SMILES string of the molecule is Cc1c(N)nc(C(C)C)nc1Oc1ccccc1CO. The van der Waals surface area contributed by atoms with Crippen molar-refractivity contribution >= 4 is 5.82 Å². The highest BCUT2D eigenvalue weighted by Gasteiger charge is 2.14. The van der Waals surface area contributed by atoms with Gasteiger partial charge < -0.3 is 15.6 Å². The van der Waals surface area contributed by atoms with E-state index in [2.05, 4.69) is 9.97 Å². The van der Waals surface area contributed by atoms with Crippen molar-refractivity contribution in [2.45, 2.75) is 33.3 Å². The van der Waals surface area contributed by atoms with Gasteiger partial charge in [0.25, 0.3) is 0 Å². The number of anilines is 1. The van der Waals surface area contributed by atoms with Crippen molar-refractivity contribution in [2.24, 2.45) is 0 Å². The predicted octanol–water partition coefficient (Wildman–Crippen LogP) is 2.78. The lowest BCUT2D eigenvalue weighted by molar-refractivity contribution is 0.276. The van der Waals surface area contributed by atoms with Crippen molar-refractivity contribution in [3.63, 3.8) is 0 Å². The van der Waals surface area contributed by atoms with Gasteiger partial charge in [0.1, 0.15) is 17.4 Å². The van der Waals surface area contributed by atoms with Crippen LogP contribution in [0.3, 0.4) is 0 Å². The molecule has 0 aliphatic rings. The van der Waals surface area contributed by atoms with Gasteiger partial charge in [0, 0.05) is 11.5 Å². The van der Waals surface area contributed by atoms with E-state index < -0.39 is 0 Å². The molecule has 0 amide bonds. The number of nitrogens with two attached hydrogens (primary N) is 1. The number of para-hydroxylation sites is 1. The van der Waals surface area contributed by atoms with Gasteiger partial charge in [0.15, 0.2) is 0 Å². The molecular formula is C15H19N3O2. The van der Waals surface area contributed by atoms with Crippen LogP contribution in [-0.2, 0) is 6.61 Å². The zero-order valence-electron chi connectivity index (χ0n) is 11.9. The van der Waals surface area contributed by atoms with Crippen LogP contribution in [0, 0.1) is 6.92 Å². The molecule has 0 fully saturated rings. The second-order valence-electron chi connectivity index (χ2n) is 4.92. The summed E-state index contributed by atoms with van der Waals surface area (Å²) in [6, 6.07) is 7.29. The van der Waals surface area contributed by atoms with Crippen molar-refractivity contribution in [2.75, 3.05) is 5.73 Å². The van der Waals surface area contributed by atoms with Gasteiger partial charge in [-0.15, -0.1) is 0 Å². The maximum Gasteiger partial charge on any atom is 0.227 e. The Bertz CT molecular complexity index is 612. The largest absolute Gasteiger partial charge is 0.438 e. The van der Waals surface area contributed by atoms with Gasteiger partial charge in [-0.05, 0) is 13.0 Å². The highest BCUT2D eigenvalue weighted by molar-refractivity contribution is 5.47. The van der Waals surface area contributed by atoms with E-state index in [9.17, 15) is 5.11 Å². The Labute approximate surface area is 118 Å². The first-order valence-corrected chi connectivity index (χ1v) is 6.53. The summed E-state index contributed by atoms with van der Waals surface area (Å²) in [5.41, 5.74) is 7.30. The topological polar surface area (TPSA) is 81.3 Å². The maximum absolute atomic E-state index is 9.33. The van der Waals surface area contributed by atoms with E-state index in [1.54, 1.807) is 12.1 Å². The number of nitrogen functional groups attached to an aromatic ring is 1. The molecule has 0 aliphatic heterocycles. The number of aromatic nitrogens is 2. The van der Waals surface area contributed by atoms with Crippen LogP contribution in [0.15, 0.2) is 24.3 Å². The Morgan fingerprint density at radius 2 is 1.95 bits per heavy atom. The van der Waals surface area contributed by atoms with Crippen LogP contribution >= 0.6 is 0 Å². The lowest BCUT2D eigenvalue weighted by atomic mass is 10.2. The molecule has 0 aliphatic carbocycles. The smallest absolute Gasteiger partial charge is 0.227 e. The molecular weight excluding hydrogens is 254 g/mol. The van der Waals surface area contributed by atoms with Gasteiger partial charge in [-0.1, -0.05) is 32.0 Å². The predicted molar refractivity (Wildman–Crippen MR) is 77.7 cm³/mol. The molecule has 0 bridgehead atoms. The summed E-state index contributed by atoms with van der Waals surface area (Å²) in [6.45, 7) is 5.72. The summed E-state index contributed by atoms with van der Waals surface area (Å²) in [5.74, 6) is 2.23. The van der Waals surface area contributed by atoms with E-state index in [0.29, 0.717) is 34.4 Å². The molecule has 2 aromatic rings. The lowest BCUT2D eigenvalue weighted by Gasteiger charge is -2.14. The molecule has 0 saturated carbocycles. The van der Waals surface area contributed by atoms with Crippen LogP contribution < -0.4 is 10.5 Å². The number of rotatable bonds is 4. The summed E-state index contributed by atoms with van der Waals surface area (Å²) < 4.78 is 5.81. The molecule has 0 spiro atoms. The van der Waals surface area contributed by atoms with Gasteiger partial charge in [0.2, 0.25) is 5.88 Å². The molecule has 3 N–H and O–H groups in total. The fraction of sp³-hybridized carbons (Fsp3) is 0.333. The quantitative estimate of drug-likeness (QED) is 0.895. The van der Waals surface area contributed by atoms with Crippen LogP contribution in [0.2, 0.25) is 0 Å². The number of nitrogens with zero attached hydrogens (tertiary/aromatic N) is 2. The summed E-state index contributed by atoms with van der Waals surface area (Å²) in [6.07, 6.45) is 0. The zero-order valence-corrected chi connectivity index (χ0v) is 11.9. The van der Waals surface area contributed by atoms with E-state index in [-0.39, 0.29) is 12.5 Å². The molecule has 0 unspecified atom stereocenters. The minimum absolute atomic E-state index is 0.0905. The zero-order chi connectivity index (χ0) is 14.7. The Morgan fingerprint density at radius 3 is 2.60 bits per heavy atom. The molecule has 1 aromatic heterocycles. The second-order valence-corrected chi connectivity index (χ2v) is 4.92. The normalized spacial score (nSPS) is 10.8. The molecule has 0 atom stereocenters. The minimum Gasteiger partial charge on any atom is -0.438 e. The molecule has 0 saturated heterocycles. The van der Waals surface area contributed by atoms with E-state index in [4.69, 9.17) is 10.5 Å². The van der Waals surface area contributed by atoms with Gasteiger partial charge >= 0.3 is 0 Å². The van der Waals surface area contributed by atoms with E-state index in [1.807, 2.05) is 32.9 Å². The van der Waals surface area contributed by atoms with Crippen molar-refractivity contribution in [3.05, 3.63) is 41.2 Å². The lowest BCUT2D eigenvalue weighted by Crippen LogP contribution is -2.06. The Kier molecular flexibility index (Phi) is 4.20. The van der Waals surface area contributed by atoms with Crippen LogP contribution in [0.4, 0.5) is 5.82 Å². The van der Waals surface area contributed by atoms with Crippen LogP contribution in [-0.4, -0.2) is 15.1 Å². The van der Waals surface area contributed by atoms with Gasteiger partial charge in [-0.3, -0.25) is 0 Å². The van der Waals surface area contributed by atoms with Gasteiger partial charge in [-0.2, -0.15) is 4.98 Å². The second kappa shape index (κ2) is 5.88. The van der Waals surface area contributed by atoms with Crippen LogP contribution in [0.1, 0.15) is 36.7 Å². The average molecular weight is 273 g/mol. The van der Waals surface area contributed by atoms with Gasteiger partial charge in [-0.25, -0.2) is 4.98 Å². The standard InChI is InChI=1S/C15H19N3O2/c1-9(2)14-17-13(16)10(3)15(18-14)20-12-7-5-4-6-11(12)8-19/h4-7,9,19H,8H2,1-3H3,(H2,16,17,18). The van der Waals surface area contributed by atoms with E-state index >= 15 is 0 Å². The van der Waals surface area contributed by atoms with Crippen molar-refractivity contribution in [3.8, 4) is 11.6 Å².